The van der Waals surface area contributed by atoms with E-state index >= 15 is 0 Å². The molecular formula is C18H26N2O3. The lowest BCUT2D eigenvalue weighted by Gasteiger charge is -2.32. The van der Waals surface area contributed by atoms with Gasteiger partial charge in [0.1, 0.15) is 0 Å². The minimum absolute atomic E-state index is 0.0605. The molecule has 2 fully saturated rings. The number of nitrogens with one attached hydrogen (secondary N) is 1. The molecule has 0 spiro atoms. The highest BCUT2D eigenvalue weighted by Gasteiger charge is 2.30. The summed E-state index contributed by atoms with van der Waals surface area (Å²) >= 11 is 0. The van der Waals surface area contributed by atoms with Gasteiger partial charge in [-0.05, 0) is 43.4 Å². The fraction of sp³-hybridized carbons (Fsp3) is 0.611. The van der Waals surface area contributed by atoms with Crippen LogP contribution in [0, 0.1) is 5.92 Å². The second kappa shape index (κ2) is 7.32. The first kappa shape index (κ1) is 16.3. The summed E-state index contributed by atoms with van der Waals surface area (Å²) in [5.41, 5.74) is 1.68. The molecule has 1 aromatic carbocycles. The molecular weight excluding hydrogens is 292 g/mol. The number of anilines is 1. The molecule has 1 aromatic rings. The maximum atomic E-state index is 12.5. The molecule has 1 aliphatic heterocycles. The van der Waals surface area contributed by atoms with Crippen LogP contribution in [0.2, 0.25) is 0 Å². The Morgan fingerprint density at radius 1 is 1.35 bits per heavy atom. The first-order chi connectivity index (χ1) is 11.1. The van der Waals surface area contributed by atoms with E-state index in [-0.39, 0.29) is 18.1 Å². The summed E-state index contributed by atoms with van der Waals surface area (Å²) in [5.74, 6) is 0.662. The van der Waals surface area contributed by atoms with Crippen molar-refractivity contribution in [3.05, 3.63) is 29.8 Å². The highest BCUT2D eigenvalue weighted by Crippen LogP contribution is 2.30. The van der Waals surface area contributed by atoms with Crippen LogP contribution in [0.4, 0.5) is 5.69 Å². The van der Waals surface area contributed by atoms with E-state index in [0.29, 0.717) is 18.8 Å². The van der Waals surface area contributed by atoms with Crippen molar-refractivity contribution in [1.82, 2.24) is 5.32 Å². The van der Waals surface area contributed by atoms with Crippen LogP contribution in [0.3, 0.4) is 0 Å². The van der Waals surface area contributed by atoms with Crippen molar-refractivity contribution in [3.8, 4) is 0 Å². The van der Waals surface area contributed by atoms with Crippen LogP contribution < -0.4 is 10.2 Å². The molecule has 1 saturated heterocycles. The Hall–Kier alpha value is -1.59. The van der Waals surface area contributed by atoms with Gasteiger partial charge in [-0.15, -0.1) is 0 Å². The Labute approximate surface area is 137 Å². The average molecular weight is 318 g/mol. The summed E-state index contributed by atoms with van der Waals surface area (Å²) in [4.78, 5) is 14.5. The highest BCUT2D eigenvalue weighted by molar-refractivity contribution is 5.95. The van der Waals surface area contributed by atoms with Crippen molar-refractivity contribution in [1.29, 1.82) is 0 Å². The van der Waals surface area contributed by atoms with Gasteiger partial charge in [0.05, 0.1) is 18.8 Å². The summed E-state index contributed by atoms with van der Waals surface area (Å²) < 4.78 is 11.5. The van der Waals surface area contributed by atoms with Gasteiger partial charge in [-0.3, -0.25) is 4.79 Å². The maximum absolute atomic E-state index is 12.5. The van der Waals surface area contributed by atoms with Crippen molar-refractivity contribution in [2.45, 2.75) is 31.4 Å². The second-order valence-corrected chi connectivity index (χ2v) is 6.70. The van der Waals surface area contributed by atoms with E-state index in [1.54, 1.807) is 0 Å². The molecule has 2 aliphatic rings. The van der Waals surface area contributed by atoms with Gasteiger partial charge in [0.15, 0.2) is 0 Å². The van der Waals surface area contributed by atoms with Crippen molar-refractivity contribution in [3.63, 3.8) is 0 Å². The monoisotopic (exact) mass is 318 g/mol. The molecule has 1 saturated carbocycles. The van der Waals surface area contributed by atoms with Crippen LogP contribution in [-0.2, 0) is 9.47 Å². The number of carbonyl (C=O) groups is 1. The molecule has 126 valence electrons. The number of amides is 1. The fourth-order valence-corrected chi connectivity index (χ4v) is 2.77. The van der Waals surface area contributed by atoms with Crippen LogP contribution in [0.5, 0.6) is 0 Å². The van der Waals surface area contributed by atoms with Crippen molar-refractivity contribution in [2.24, 2.45) is 5.92 Å². The predicted molar refractivity (Wildman–Crippen MR) is 89.9 cm³/mol. The van der Waals surface area contributed by atoms with E-state index in [9.17, 15) is 4.79 Å². The van der Waals surface area contributed by atoms with E-state index in [1.165, 1.54) is 12.8 Å². The molecule has 0 aromatic heterocycles. The van der Waals surface area contributed by atoms with E-state index in [4.69, 9.17) is 9.47 Å². The molecule has 5 heteroatoms. The first-order valence-corrected chi connectivity index (χ1v) is 8.41. The quantitative estimate of drug-likeness (QED) is 0.872. The SMILES string of the molecule is CN(C)c1cccc(C(=O)NC2COCCC2OCC2CC2)c1. The topological polar surface area (TPSA) is 50.8 Å². The van der Waals surface area contributed by atoms with Gasteiger partial charge in [0, 0.05) is 38.6 Å². The zero-order chi connectivity index (χ0) is 16.2. The Morgan fingerprint density at radius 3 is 2.91 bits per heavy atom. The van der Waals surface area contributed by atoms with Gasteiger partial charge in [-0.2, -0.15) is 0 Å². The standard InChI is InChI=1S/C18H26N2O3/c1-20(2)15-5-3-4-14(10-15)18(21)19-16-12-22-9-8-17(16)23-11-13-6-7-13/h3-5,10,13,16-17H,6-9,11-12H2,1-2H3,(H,19,21). The Morgan fingerprint density at radius 2 is 2.17 bits per heavy atom. The van der Waals surface area contributed by atoms with E-state index in [0.717, 1.165) is 24.6 Å². The number of carbonyl (C=O) groups excluding carboxylic acids is 1. The predicted octanol–water partition coefficient (Wildman–Crippen LogP) is 2.07. The lowest BCUT2D eigenvalue weighted by atomic mass is 10.1. The molecule has 0 radical (unpaired) electrons. The molecule has 1 amide bonds. The third-order valence-electron chi connectivity index (χ3n) is 4.48. The van der Waals surface area contributed by atoms with Gasteiger partial charge >= 0.3 is 0 Å². The van der Waals surface area contributed by atoms with Gasteiger partial charge in [0.2, 0.25) is 0 Å². The Balaban J connectivity index is 1.61. The minimum Gasteiger partial charge on any atom is -0.379 e. The molecule has 1 heterocycles. The molecule has 5 nitrogen and oxygen atoms in total. The van der Waals surface area contributed by atoms with Crippen molar-refractivity contribution < 1.29 is 14.3 Å². The van der Waals surface area contributed by atoms with Gasteiger partial charge in [0.25, 0.3) is 5.91 Å². The van der Waals surface area contributed by atoms with Crippen LogP contribution in [0.15, 0.2) is 24.3 Å². The van der Waals surface area contributed by atoms with Crippen LogP contribution in [0.25, 0.3) is 0 Å². The first-order valence-electron chi connectivity index (χ1n) is 8.41. The lowest BCUT2D eigenvalue weighted by Crippen LogP contribution is -2.50. The van der Waals surface area contributed by atoms with Gasteiger partial charge in [-0.25, -0.2) is 0 Å². The minimum atomic E-state index is -0.0713. The summed E-state index contributed by atoms with van der Waals surface area (Å²) in [6, 6.07) is 7.56. The molecule has 23 heavy (non-hydrogen) atoms. The zero-order valence-corrected chi connectivity index (χ0v) is 14.0. The summed E-state index contributed by atoms with van der Waals surface area (Å²) in [5, 5.41) is 3.09. The number of hydrogen-bond acceptors (Lipinski definition) is 4. The number of nitrogens with zero attached hydrogens (tertiary/aromatic N) is 1. The van der Waals surface area contributed by atoms with E-state index in [2.05, 4.69) is 5.32 Å². The second-order valence-electron chi connectivity index (χ2n) is 6.70. The number of benzene rings is 1. The summed E-state index contributed by atoms with van der Waals surface area (Å²) in [6.07, 6.45) is 3.45. The van der Waals surface area contributed by atoms with Crippen molar-refractivity contribution in [2.75, 3.05) is 38.8 Å². The maximum Gasteiger partial charge on any atom is 0.251 e. The molecule has 1 N–H and O–H groups in total. The normalized spacial score (nSPS) is 24.3. The number of hydrogen-bond donors (Lipinski definition) is 1. The molecule has 2 unspecified atom stereocenters. The largest absolute Gasteiger partial charge is 0.379 e. The smallest absolute Gasteiger partial charge is 0.251 e. The van der Waals surface area contributed by atoms with E-state index < -0.39 is 0 Å². The zero-order valence-electron chi connectivity index (χ0n) is 14.0. The van der Waals surface area contributed by atoms with Crippen LogP contribution in [0.1, 0.15) is 29.6 Å². The third-order valence-corrected chi connectivity index (χ3v) is 4.48. The summed E-state index contributed by atoms with van der Waals surface area (Å²) in [6.45, 7) is 2.04. The Bertz CT molecular complexity index is 543. The average Bonchev–Trinajstić information content (AvgIpc) is 3.38. The van der Waals surface area contributed by atoms with Gasteiger partial charge in [-0.1, -0.05) is 6.07 Å². The molecule has 3 rings (SSSR count). The van der Waals surface area contributed by atoms with Gasteiger partial charge < -0.3 is 19.7 Å². The fourth-order valence-electron chi connectivity index (χ4n) is 2.77. The van der Waals surface area contributed by atoms with Crippen LogP contribution >= 0.6 is 0 Å². The molecule has 2 atom stereocenters. The van der Waals surface area contributed by atoms with Crippen molar-refractivity contribution >= 4 is 11.6 Å². The van der Waals surface area contributed by atoms with Crippen LogP contribution in [-0.4, -0.2) is 52.0 Å². The van der Waals surface area contributed by atoms with E-state index in [1.807, 2.05) is 43.3 Å². The molecule has 0 bridgehead atoms. The number of rotatable bonds is 6. The lowest BCUT2D eigenvalue weighted by molar-refractivity contribution is -0.0567. The third kappa shape index (κ3) is 4.45. The highest BCUT2D eigenvalue weighted by atomic mass is 16.5. The molecule has 1 aliphatic carbocycles. The Kier molecular flexibility index (Phi) is 5.18. The summed E-state index contributed by atoms with van der Waals surface area (Å²) in [7, 11) is 3.93. The number of ether oxygens (including phenoxy) is 2.